The molecular formula is C25H22F3N4O4PS. The Morgan fingerprint density at radius 3 is 2.61 bits per heavy atom. The molecule has 3 heterocycles. The molecule has 3 aromatic heterocycles. The fraction of sp³-hybridized carbons (Fsp3) is 0.240. The smallest absolute Gasteiger partial charge is 0.378 e. The number of alkyl halides is 3. The normalized spacial score (nSPS) is 17.8. The summed E-state index contributed by atoms with van der Waals surface area (Å²) < 4.78 is 50.9. The summed E-state index contributed by atoms with van der Waals surface area (Å²) >= 11 is 1.22. The summed E-state index contributed by atoms with van der Waals surface area (Å²) in [6, 6.07) is 9.58. The fourth-order valence-corrected chi connectivity index (χ4v) is 6.11. The van der Waals surface area contributed by atoms with E-state index in [1.165, 1.54) is 23.5 Å². The largest absolute Gasteiger partial charge is 0.416 e. The minimum absolute atomic E-state index is 0.00309. The van der Waals surface area contributed by atoms with Crippen LogP contribution in [0.25, 0.3) is 10.6 Å². The van der Waals surface area contributed by atoms with Gasteiger partial charge in [-0.2, -0.15) is 13.2 Å². The summed E-state index contributed by atoms with van der Waals surface area (Å²) in [6.45, 7) is 1.82. The van der Waals surface area contributed by atoms with Gasteiger partial charge in [0, 0.05) is 12.4 Å². The number of thiazole rings is 1. The Morgan fingerprint density at radius 1 is 1.08 bits per heavy atom. The van der Waals surface area contributed by atoms with Crippen molar-refractivity contribution in [2.45, 2.75) is 38.0 Å². The molecule has 8 nitrogen and oxygen atoms in total. The van der Waals surface area contributed by atoms with Crippen LogP contribution in [0.1, 0.15) is 40.1 Å². The standard InChI is InChI=1S/C25H22F3N4O4PS/c1-14-9-19(31-22(10-14)32-21-12-16(6-8-29-21)25(26,27)28)20-13-30-23(38-20)24(33)7-2-3-15-11-17(37(34,35)36)4-5-18(15)24/h4-6,8-13,33H,2-3,7H2,1H3,(H,29,31,32)(H2,34,35,36)/t24-/m0/s1. The number of anilines is 2. The quantitative estimate of drug-likeness (QED) is 0.249. The number of aryl methyl sites for hydroxylation is 2. The van der Waals surface area contributed by atoms with E-state index in [1.54, 1.807) is 24.4 Å². The third kappa shape index (κ3) is 5.23. The third-order valence-corrected chi connectivity index (χ3v) is 8.40. The van der Waals surface area contributed by atoms with Crippen LogP contribution < -0.4 is 10.6 Å². The van der Waals surface area contributed by atoms with E-state index in [9.17, 15) is 32.6 Å². The Morgan fingerprint density at radius 2 is 1.87 bits per heavy atom. The molecule has 0 spiro atoms. The minimum Gasteiger partial charge on any atom is -0.378 e. The Balaban J connectivity index is 1.46. The Hall–Kier alpha value is -3.15. The Bertz CT molecular complexity index is 1570. The second kappa shape index (κ2) is 9.55. The number of aliphatic hydroxyl groups is 1. The van der Waals surface area contributed by atoms with Gasteiger partial charge in [-0.1, -0.05) is 6.07 Å². The van der Waals surface area contributed by atoms with E-state index in [2.05, 4.69) is 20.3 Å². The van der Waals surface area contributed by atoms with Crippen molar-refractivity contribution in [1.29, 1.82) is 0 Å². The van der Waals surface area contributed by atoms with E-state index in [-0.39, 0.29) is 11.1 Å². The molecule has 1 aliphatic rings. The summed E-state index contributed by atoms with van der Waals surface area (Å²) in [7, 11) is -4.43. The molecule has 0 amide bonds. The molecule has 0 saturated carbocycles. The van der Waals surface area contributed by atoms with Crippen molar-refractivity contribution in [3.8, 4) is 10.6 Å². The van der Waals surface area contributed by atoms with Gasteiger partial charge in [-0.3, -0.25) is 4.57 Å². The Labute approximate surface area is 219 Å². The highest BCUT2D eigenvalue weighted by Gasteiger charge is 2.39. The monoisotopic (exact) mass is 562 g/mol. The van der Waals surface area contributed by atoms with Crippen LogP contribution in [0.2, 0.25) is 0 Å². The van der Waals surface area contributed by atoms with E-state index in [0.717, 1.165) is 23.9 Å². The van der Waals surface area contributed by atoms with Crippen LogP contribution in [0.15, 0.2) is 54.9 Å². The summed E-state index contributed by atoms with van der Waals surface area (Å²) in [6.07, 6.45) is -0.296. The van der Waals surface area contributed by atoms with Gasteiger partial charge < -0.3 is 20.2 Å². The first kappa shape index (κ1) is 26.5. The molecule has 1 aromatic carbocycles. The van der Waals surface area contributed by atoms with Crippen LogP contribution >= 0.6 is 18.9 Å². The number of nitrogens with one attached hydrogen (secondary N) is 1. The highest BCUT2D eigenvalue weighted by molar-refractivity contribution is 7.60. The molecule has 0 aliphatic heterocycles. The molecule has 0 saturated heterocycles. The van der Waals surface area contributed by atoms with E-state index >= 15 is 0 Å². The van der Waals surface area contributed by atoms with Crippen LogP contribution in [-0.2, 0) is 22.8 Å². The van der Waals surface area contributed by atoms with Gasteiger partial charge in [0.2, 0.25) is 0 Å². The maximum atomic E-state index is 13.1. The fourth-order valence-electron chi connectivity index (χ4n) is 4.51. The van der Waals surface area contributed by atoms with Gasteiger partial charge in [0.1, 0.15) is 22.2 Å². The van der Waals surface area contributed by atoms with Gasteiger partial charge in [0.25, 0.3) is 0 Å². The lowest BCUT2D eigenvalue weighted by molar-refractivity contribution is -0.137. The van der Waals surface area contributed by atoms with E-state index in [4.69, 9.17) is 0 Å². The van der Waals surface area contributed by atoms with Gasteiger partial charge in [-0.25, -0.2) is 15.0 Å². The van der Waals surface area contributed by atoms with Crippen LogP contribution in [0.3, 0.4) is 0 Å². The number of rotatable bonds is 5. The molecule has 1 aliphatic carbocycles. The number of nitrogens with zero attached hydrogens (tertiary/aromatic N) is 3. The SMILES string of the molecule is Cc1cc(Nc2cc(C(F)(F)F)ccn2)nc(-c2cnc([C@]3(O)CCCc4cc(P(=O)(O)O)ccc43)s2)c1. The summed E-state index contributed by atoms with van der Waals surface area (Å²) in [5, 5.41) is 14.8. The second-order valence-electron chi connectivity index (χ2n) is 9.10. The van der Waals surface area contributed by atoms with Crippen molar-refractivity contribution in [2.75, 3.05) is 5.32 Å². The molecule has 1 atom stereocenters. The van der Waals surface area contributed by atoms with Crippen LogP contribution in [0, 0.1) is 6.92 Å². The van der Waals surface area contributed by atoms with Crippen molar-refractivity contribution in [2.24, 2.45) is 0 Å². The number of halogens is 3. The lowest BCUT2D eigenvalue weighted by Crippen LogP contribution is -2.32. The highest BCUT2D eigenvalue weighted by atomic mass is 32.1. The second-order valence-corrected chi connectivity index (χ2v) is 11.7. The number of benzene rings is 1. The van der Waals surface area contributed by atoms with Crippen LogP contribution in [0.5, 0.6) is 0 Å². The van der Waals surface area contributed by atoms with Crippen molar-refractivity contribution in [3.63, 3.8) is 0 Å². The van der Waals surface area contributed by atoms with Gasteiger partial charge in [-0.15, -0.1) is 11.3 Å². The van der Waals surface area contributed by atoms with Crippen molar-refractivity contribution >= 4 is 35.9 Å². The number of aromatic nitrogens is 3. The van der Waals surface area contributed by atoms with Crippen molar-refractivity contribution < 1.29 is 32.6 Å². The lowest BCUT2D eigenvalue weighted by atomic mass is 9.79. The zero-order valence-corrected chi connectivity index (χ0v) is 21.6. The van der Waals surface area contributed by atoms with Crippen molar-refractivity contribution in [3.05, 3.63) is 82.1 Å². The number of pyridine rings is 2. The average molecular weight is 563 g/mol. The van der Waals surface area contributed by atoms with E-state index in [1.807, 2.05) is 6.92 Å². The highest BCUT2D eigenvalue weighted by Crippen LogP contribution is 2.44. The molecule has 4 aromatic rings. The predicted molar refractivity (Wildman–Crippen MR) is 137 cm³/mol. The van der Waals surface area contributed by atoms with Crippen LogP contribution in [-0.4, -0.2) is 29.8 Å². The topological polar surface area (TPSA) is 128 Å². The maximum Gasteiger partial charge on any atom is 0.416 e. The van der Waals surface area contributed by atoms with E-state index in [0.29, 0.717) is 51.8 Å². The molecule has 0 bridgehead atoms. The van der Waals surface area contributed by atoms with Crippen LogP contribution in [0.4, 0.5) is 24.8 Å². The molecule has 0 fully saturated rings. The number of hydrogen-bond acceptors (Lipinski definition) is 7. The summed E-state index contributed by atoms with van der Waals surface area (Å²) in [4.78, 5) is 32.6. The van der Waals surface area contributed by atoms with Gasteiger partial charge in [0.15, 0.2) is 0 Å². The molecule has 198 valence electrons. The molecule has 4 N–H and O–H groups in total. The molecule has 0 radical (unpaired) electrons. The first-order chi connectivity index (χ1) is 17.8. The minimum atomic E-state index is -4.50. The predicted octanol–water partition coefficient (Wildman–Crippen LogP) is 5.05. The van der Waals surface area contributed by atoms with Crippen molar-refractivity contribution in [1.82, 2.24) is 15.0 Å². The molecule has 0 unspecified atom stereocenters. The van der Waals surface area contributed by atoms with Gasteiger partial charge in [-0.05, 0) is 79.3 Å². The van der Waals surface area contributed by atoms with Gasteiger partial charge in [0.05, 0.1) is 21.4 Å². The average Bonchev–Trinajstić information content (AvgIpc) is 3.34. The molecule has 5 rings (SSSR count). The molecular weight excluding hydrogens is 540 g/mol. The summed E-state index contributed by atoms with van der Waals surface area (Å²) in [5.74, 6) is 0.296. The molecule has 38 heavy (non-hydrogen) atoms. The molecule has 13 heteroatoms. The van der Waals surface area contributed by atoms with E-state index < -0.39 is 24.9 Å². The number of hydrogen-bond donors (Lipinski definition) is 4. The summed E-state index contributed by atoms with van der Waals surface area (Å²) in [5.41, 5.74) is 0.258. The maximum absolute atomic E-state index is 13.1. The van der Waals surface area contributed by atoms with Gasteiger partial charge >= 0.3 is 13.8 Å². The zero-order valence-electron chi connectivity index (χ0n) is 19.9. The first-order valence-electron chi connectivity index (χ1n) is 11.5. The number of fused-ring (bicyclic) bond motifs is 1. The third-order valence-electron chi connectivity index (χ3n) is 6.28. The zero-order chi connectivity index (χ0) is 27.3. The Kier molecular flexibility index (Phi) is 6.65. The lowest BCUT2D eigenvalue weighted by Gasteiger charge is -2.33. The first-order valence-corrected chi connectivity index (χ1v) is 13.9.